The lowest BCUT2D eigenvalue weighted by Crippen LogP contribution is -2.75. The summed E-state index contributed by atoms with van der Waals surface area (Å²) in [5, 5.41) is 3.87. The van der Waals surface area contributed by atoms with Gasteiger partial charge in [0.1, 0.15) is 12.4 Å². The SMILES string of the molecule is Cc1cc(OCC(=O)CC23CC(NC(=O)c4ccc5ncsc5c4)(C2)C3)ccc1Cl. The van der Waals surface area contributed by atoms with Crippen LogP contribution in [-0.2, 0) is 4.79 Å². The molecule has 0 saturated heterocycles. The molecular weight excluding hydrogens is 420 g/mol. The molecule has 2 aromatic carbocycles. The third-order valence-corrected chi connectivity index (χ3v) is 7.43. The van der Waals surface area contributed by atoms with Crippen LogP contribution < -0.4 is 10.1 Å². The third-order valence-electron chi connectivity index (χ3n) is 6.21. The quantitative estimate of drug-likeness (QED) is 0.564. The Bertz CT molecular complexity index is 1150. The number of hydrogen-bond donors (Lipinski definition) is 1. The van der Waals surface area contributed by atoms with E-state index in [0.29, 0.717) is 22.8 Å². The molecule has 154 valence electrons. The molecule has 3 aliphatic carbocycles. The second-order valence-corrected chi connectivity index (χ2v) is 10.0. The van der Waals surface area contributed by atoms with Crippen LogP contribution in [0.4, 0.5) is 0 Å². The first-order valence-electron chi connectivity index (χ1n) is 9.92. The predicted octanol–water partition coefficient (Wildman–Crippen LogP) is 4.95. The average Bonchev–Trinajstić information content (AvgIpc) is 3.14. The van der Waals surface area contributed by atoms with Gasteiger partial charge >= 0.3 is 0 Å². The number of ketones is 1. The summed E-state index contributed by atoms with van der Waals surface area (Å²) in [6.45, 7) is 1.97. The molecule has 3 aliphatic rings. The molecule has 0 aliphatic heterocycles. The lowest BCUT2D eigenvalue weighted by molar-refractivity contribution is -0.162. The Kier molecular flexibility index (Phi) is 4.60. The molecule has 1 N–H and O–H groups in total. The maximum atomic E-state index is 12.7. The van der Waals surface area contributed by atoms with Crippen LogP contribution in [0.5, 0.6) is 5.75 Å². The number of ether oxygens (including phenoxy) is 1. The lowest BCUT2D eigenvalue weighted by Gasteiger charge is -2.70. The Morgan fingerprint density at radius 1 is 1.20 bits per heavy atom. The van der Waals surface area contributed by atoms with Crippen LogP contribution in [-0.4, -0.2) is 28.8 Å². The van der Waals surface area contributed by atoms with Gasteiger partial charge in [-0.25, -0.2) is 4.98 Å². The van der Waals surface area contributed by atoms with Gasteiger partial charge in [-0.3, -0.25) is 9.59 Å². The molecule has 2 bridgehead atoms. The average molecular weight is 441 g/mol. The van der Waals surface area contributed by atoms with Crippen molar-refractivity contribution in [3.63, 3.8) is 0 Å². The van der Waals surface area contributed by atoms with Crippen molar-refractivity contribution in [2.24, 2.45) is 5.41 Å². The highest BCUT2D eigenvalue weighted by molar-refractivity contribution is 7.16. The number of benzene rings is 2. The number of nitrogens with zero attached hydrogens (tertiary/aromatic N) is 1. The summed E-state index contributed by atoms with van der Waals surface area (Å²) < 4.78 is 6.64. The molecule has 3 aromatic rings. The molecule has 0 radical (unpaired) electrons. The van der Waals surface area contributed by atoms with Crippen LogP contribution in [0.25, 0.3) is 10.2 Å². The van der Waals surface area contributed by atoms with Crippen molar-refractivity contribution >= 4 is 44.8 Å². The topological polar surface area (TPSA) is 68.3 Å². The summed E-state index contributed by atoms with van der Waals surface area (Å²) in [5.74, 6) is 0.703. The van der Waals surface area contributed by atoms with Gasteiger partial charge in [-0.2, -0.15) is 0 Å². The Balaban J connectivity index is 1.11. The number of thiazole rings is 1. The summed E-state index contributed by atoms with van der Waals surface area (Å²) in [6.07, 6.45) is 3.09. The number of amides is 1. The summed E-state index contributed by atoms with van der Waals surface area (Å²) >= 11 is 7.55. The van der Waals surface area contributed by atoms with Gasteiger partial charge < -0.3 is 10.1 Å². The maximum absolute atomic E-state index is 12.7. The number of hydrogen-bond acceptors (Lipinski definition) is 5. The molecule has 0 unspecified atom stereocenters. The normalized spacial score (nSPS) is 24.1. The van der Waals surface area contributed by atoms with E-state index in [-0.39, 0.29) is 29.3 Å². The van der Waals surface area contributed by atoms with Gasteiger partial charge in [0, 0.05) is 22.5 Å². The largest absolute Gasteiger partial charge is 0.486 e. The molecule has 3 saturated carbocycles. The summed E-state index contributed by atoms with van der Waals surface area (Å²) in [5.41, 5.74) is 4.17. The van der Waals surface area contributed by atoms with E-state index in [1.165, 1.54) is 11.3 Å². The van der Waals surface area contributed by atoms with E-state index in [0.717, 1.165) is 35.0 Å². The fourth-order valence-electron chi connectivity index (χ4n) is 4.97. The highest BCUT2D eigenvalue weighted by Gasteiger charge is 2.68. The zero-order chi connectivity index (χ0) is 20.9. The van der Waals surface area contributed by atoms with Gasteiger partial charge in [0.05, 0.1) is 15.7 Å². The molecule has 0 spiro atoms. The Morgan fingerprint density at radius 3 is 2.77 bits per heavy atom. The first-order chi connectivity index (χ1) is 14.4. The first kappa shape index (κ1) is 19.5. The van der Waals surface area contributed by atoms with Crippen molar-refractivity contribution in [2.75, 3.05) is 6.61 Å². The molecule has 1 aromatic heterocycles. The number of fused-ring (bicyclic) bond motifs is 1. The van der Waals surface area contributed by atoms with E-state index in [9.17, 15) is 9.59 Å². The number of carbonyl (C=O) groups excluding carboxylic acids is 2. The van der Waals surface area contributed by atoms with Gasteiger partial charge in [-0.1, -0.05) is 11.6 Å². The smallest absolute Gasteiger partial charge is 0.251 e. The minimum absolute atomic E-state index is 0.0330. The number of halogens is 1. The molecule has 3 fully saturated rings. The molecule has 7 heteroatoms. The zero-order valence-electron chi connectivity index (χ0n) is 16.5. The molecule has 5 nitrogen and oxygen atoms in total. The van der Waals surface area contributed by atoms with Gasteiger partial charge in [0.25, 0.3) is 5.91 Å². The highest BCUT2D eigenvalue weighted by atomic mass is 35.5. The highest BCUT2D eigenvalue weighted by Crippen LogP contribution is 2.69. The van der Waals surface area contributed by atoms with Crippen molar-refractivity contribution < 1.29 is 14.3 Å². The summed E-state index contributed by atoms with van der Waals surface area (Å²) in [4.78, 5) is 29.3. The molecule has 1 heterocycles. The standard InChI is InChI=1S/C23H21ClN2O3S/c1-14-6-17(3-4-18(14)24)29-9-16(27)8-22-10-23(11-22,12-22)26-21(28)15-2-5-19-20(7-15)30-13-25-19/h2-7,13H,8-12H2,1H3,(H,26,28). The maximum Gasteiger partial charge on any atom is 0.251 e. The van der Waals surface area contributed by atoms with Gasteiger partial charge in [0.15, 0.2) is 5.78 Å². The Labute approximate surface area is 183 Å². The van der Waals surface area contributed by atoms with Gasteiger partial charge in [-0.15, -0.1) is 11.3 Å². The number of Topliss-reactive ketones (excluding diaryl/α,β-unsaturated/α-hetero) is 1. The second-order valence-electron chi connectivity index (χ2n) is 8.71. The van der Waals surface area contributed by atoms with Gasteiger partial charge in [-0.05, 0) is 73.6 Å². The van der Waals surface area contributed by atoms with E-state index in [1.807, 2.05) is 31.2 Å². The third kappa shape index (κ3) is 3.48. The molecule has 0 atom stereocenters. The van der Waals surface area contributed by atoms with E-state index < -0.39 is 0 Å². The Morgan fingerprint density at radius 2 is 2.00 bits per heavy atom. The van der Waals surface area contributed by atoms with Crippen LogP contribution in [0.2, 0.25) is 5.02 Å². The second kappa shape index (κ2) is 7.06. The van der Waals surface area contributed by atoms with Crippen molar-refractivity contribution in [2.45, 2.75) is 38.1 Å². The van der Waals surface area contributed by atoms with E-state index >= 15 is 0 Å². The Hall–Kier alpha value is -2.44. The predicted molar refractivity (Wildman–Crippen MR) is 117 cm³/mol. The monoisotopic (exact) mass is 440 g/mol. The number of rotatable bonds is 7. The van der Waals surface area contributed by atoms with Crippen molar-refractivity contribution in [3.8, 4) is 5.75 Å². The fraction of sp³-hybridized carbons (Fsp3) is 0.348. The van der Waals surface area contributed by atoms with Crippen LogP contribution in [0.3, 0.4) is 0 Å². The number of aryl methyl sites for hydroxylation is 1. The summed E-state index contributed by atoms with van der Waals surface area (Å²) in [7, 11) is 0. The summed E-state index contributed by atoms with van der Waals surface area (Å²) in [6, 6.07) is 11.0. The molecule has 6 rings (SSSR count). The first-order valence-corrected chi connectivity index (χ1v) is 11.2. The van der Waals surface area contributed by atoms with Crippen molar-refractivity contribution in [1.29, 1.82) is 0 Å². The van der Waals surface area contributed by atoms with Crippen molar-refractivity contribution in [1.82, 2.24) is 10.3 Å². The van der Waals surface area contributed by atoms with E-state index in [4.69, 9.17) is 16.3 Å². The number of carbonyl (C=O) groups is 2. The molecule has 1 amide bonds. The number of aromatic nitrogens is 1. The van der Waals surface area contributed by atoms with Gasteiger partial charge in [0.2, 0.25) is 0 Å². The van der Waals surface area contributed by atoms with E-state index in [2.05, 4.69) is 10.3 Å². The number of nitrogens with one attached hydrogen (secondary N) is 1. The van der Waals surface area contributed by atoms with Crippen LogP contribution in [0, 0.1) is 12.3 Å². The minimum Gasteiger partial charge on any atom is -0.486 e. The van der Waals surface area contributed by atoms with Crippen LogP contribution in [0.1, 0.15) is 41.6 Å². The minimum atomic E-state index is -0.145. The molecular formula is C23H21ClN2O3S. The van der Waals surface area contributed by atoms with E-state index in [1.54, 1.807) is 17.6 Å². The van der Waals surface area contributed by atoms with Crippen LogP contribution in [0.15, 0.2) is 41.9 Å². The van der Waals surface area contributed by atoms with Crippen LogP contribution >= 0.6 is 22.9 Å². The lowest BCUT2D eigenvalue weighted by atomic mass is 9.38. The molecule has 30 heavy (non-hydrogen) atoms. The fourth-order valence-corrected chi connectivity index (χ4v) is 5.80. The van der Waals surface area contributed by atoms with Crippen molar-refractivity contribution in [3.05, 3.63) is 58.1 Å². The zero-order valence-corrected chi connectivity index (χ0v) is 18.1.